The van der Waals surface area contributed by atoms with Gasteiger partial charge in [-0.05, 0) is 91.8 Å². The first kappa shape index (κ1) is 26.5. The van der Waals surface area contributed by atoms with E-state index in [0.717, 1.165) is 46.8 Å². The Kier molecular flexibility index (Phi) is 7.10. The number of halogens is 4. The number of rotatable bonds is 5. The number of nitrogens with zero attached hydrogens (tertiary/aromatic N) is 1. The quantitative estimate of drug-likeness (QED) is 0.426. The number of alkyl halides is 3. The number of fused-ring (bicyclic) bond motifs is 2. The number of ether oxygens (including phenoxy) is 1. The summed E-state index contributed by atoms with van der Waals surface area (Å²) in [6.45, 7) is 0. The Bertz CT molecular complexity index is 1410. The predicted molar refractivity (Wildman–Crippen MR) is 133 cm³/mol. The molecule has 5 rings (SSSR count). The first-order valence-corrected chi connectivity index (χ1v) is 13.7. The highest BCUT2D eigenvalue weighted by molar-refractivity contribution is 7.89. The molecule has 2 N–H and O–H groups in total. The van der Waals surface area contributed by atoms with Crippen LogP contribution in [0.5, 0.6) is 5.75 Å². The van der Waals surface area contributed by atoms with E-state index in [2.05, 4.69) is 9.46 Å². The second-order valence-corrected chi connectivity index (χ2v) is 11.2. The highest BCUT2D eigenvalue weighted by Gasteiger charge is 2.40. The minimum absolute atomic E-state index is 0.248. The molecule has 202 valence electrons. The van der Waals surface area contributed by atoms with Gasteiger partial charge in [-0.3, -0.25) is 0 Å². The molecule has 1 fully saturated rings. The largest absolute Gasteiger partial charge is 0.573 e. The number of anilines is 2. The molecule has 0 bridgehead atoms. The summed E-state index contributed by atoms with van der Waals surface area (Å²) in [6.07, 6.45) is -3.13. The Morgan fingerprint density at radius 3 is 2.34 bits per heavy atom. The van der Waals surface area contributed by atoms with Crippen LogP contribution in [0.2, 0.25) is 0 Å². The molecule has 38 heavy (non-hydrogen) atoms. The highest BCUT2D eigenvalue weighted by Crippen LogP contribution is 2.41. The molecule has 1 saturated carbocycles. The minimum Gasteiger partial charge on any atom is -0.406 e. The molecule has 0 spiro atoms. The van der Waals surface area contributed by atoms with E-state index in [0.29, 0.717) is 32.1 Å². The van der Waals surface area contributed by atoms with Crippen LogP contribution in [0.3, 0.4) is 0 Å². The Morgan fingerprint density at radius 1 is 0.921 bits per heavy atom. The molecule has 0 amide bonds. The van der Waals surface area contributed by atoms with Crippen LogP contribution < -0.4 is 14.4 Å². The Morgan fingerprint density at radius 2 is 1.61 bits per heavy atom. The number of sulfonamides is 1. The van der Waals surface area contributed by atoms with Gasteiger partial charge in [0.05, 0.1) is 23.1 Å². The minimum atomic E-state index is -4.89. The molecular formula is C27H26F4N2O4S. The topological polar surface area (TPSA) is 78.9 Å². The van der Waals surface area contributed by atoms with Crippen LogP contribution in [0.25, 0.3) is 0 Å². The SMILES string of the molecule is O=S(=O)(N[C@H]1CCCC(N2c3ccccc3CCc3cc(F)ccc32)[C@@H]1O)c1ccc(OC(F)(F)F)cc1. The molecule has 0 saturated heterocycles. The zero-order valence-electron chi connectivity index (χ0n) is 20.2. The maximum absolute atomic E-state index is 14.1. The van der Waals surface area contributed by atoms with Crippen molar-refractivity contribution in [1.29, 1.82) is 0 Å². The molecular weight excluding hydrogens is 524 g/mol. The summed E-state index contributed by atoms with van der Waals surface area (Å²) in [7, 11) is -4.16. The highest BCUT2D eigenvalue weighted by atomic mass is 32.2. The fraction of sp³-hybridized carbons (Fsp3) is 0.333. The van der Waals surface area contributed by atoms with Crippen molar-refractivity contribution in [2.24, 2.45) is 0 Å². The normalized spacial score (nSPS) is 21.8. The number of aryl methyl sites for hydroxylation is 2. The molecule has 3 aromatic rings. The summed E-state index contributed by atoms with van der Waals surface area (Å²) in [5, 5.41) is 11.5. The lowest BCUT2D eigenvalue weighted by Gasteiger charge is -2.43. The van der Waals surface area contributed by atoms with E-state index in [1.54, 1.807) is 6.07 Å². The molecule has 11 heteroatoms. The summed E-state index contributed by atoms with van der Waals surface area (Å²) in [5.41, 5.74) is 3.49. The molecule has 1 aliphatic heterocycles. The maximum atomic E-state index is 14.1. The number of aliphatic hydroxyl groups is 1. The molecule has 1 unspecified atom stereocenters. The zero-order valence-corrected chi connectivity index (χ0v) is 21.0. The zero-order chi connectivity index (χ0) is 27.1. The summed E-state index contributed by atoms with van der Waals surface area (Å²) in [5.74, 6) is -0.889. The Labute approximate surface area is 217 Å². The lowest BCUT2D eigenvalue weighted by Crippen LogP contribution is -2.55. The Balaban J connectivity index is 1.42. The van der Waals surface area contributed by atoms with Crippen molar-refractivity contribution in [3.63, 3.8) is 0 Å². The van der Waals surface area contributed by atoms with Crippen LogP contribution in [-0.4, -0.2) is 38.1 Å². The third-order valence-corrected chi connectivity index (χ3v) is 8.55. The van der Waals surface area contributed by atoms with Crippen molar-refractivity contribution in [2.45, 2.75) is 61.5 Å². The molecule has 1 heterocycles. The van der Waals surface area contributed by atoms with Crippen molar-refractivity contribution in [2.75, 3.05) is 4.90 Å². The molecule has 6 nitrogen and oxygen atoms in total. The molecule has 2 aliphatic rings. The van der Waals surface area contributed by atoms with E-state index in [1.807, 2.05) is 29.2 Å². The van der Waals surface area contributed by atoms with E-state index >= 15 is 0 Å². The van der Waals surface area contributed by atoms with E-state index in [1.165, 1.54) is 12.1 Å². The molecule has 3 aromatic carbocycles. The van der Waals surface area contributed by atoms with Crippen LogP contribution in [0.1, 0.15) is 30.4 Å². The van der Waals surface area contributed by atoms with Gasteiger partial charge in [0.1, 0.15) is 11.6 Å². The smallest absolute Gasteiger partial charge is 0.406 e. The van der Waals surface area contributed by atoms with Gasteiger partial charge in [0, 0.05) is 11.4 Å². The molecule has 3 atom stereocenters. The number of benzene rings is 3. The summed E-state index contributed by atoms with van der Waals surface area (Å²) in [6, 6.07) is 14.9. The summed E-state index contributed by atoms with van der Waals surface area (Å²) < 4.78 is 83.9. The van der Waals surface area contributed by atoms with Crippen molar-refractivity contribution in [3.8, 4) is 5.75 Å². The maximum Gasteiger partial charge on any atom is 0.573 e. The number of hydrogen-bond acceptors (Lipinski definition) is 5. The number of nitrogens with one attached hydrogen (secondary N) is 1. The van der Waals surface area contributed by atoms with Crippen molar-refractivity contribution in [1.82, 2.24) is 4.72 Å². The van der Waals surface area contributed by atoms with Gasteiger partial charge in [0.25, 0.3) is 0 Å². The van der Waals surface area contributed by atoms with E-state index in [4.69, 9.17) is 0 Å². The monoisotopic (exact) mass is 550 g/mol. The van der Waals surface area contributed by atoms with Crippen LogP contribution in [-0.2, 0) is 22.9 Å². The van der Waals surface area contributed by atoms with Gasteiger partial charge < -0.3 is 14.7 Å². The van der Waals surface area contributed by atoms with E-state index < -0.39 is 40.3 Å². The van der Waals surface area contributed by atoms with Crippen LogP contribution in [0, 0.1) is 5.82 Å². The van der Waals surface area contributed by atoms with Crippen LogP contribution in [0.15, 0.2) is 71.6 Å². The first-order chi connectivity index (χ1) is 18.0. The second-order valence-electron chi connectivity index (χ2n) is 9.51. The molecule has 1 aliphatic carbocycles. The fourth-order valence-corrected chi connectivity index (χ4v) is 6.64. The van der Waals surface area contributed by atoms with E-state index in [-0.39, 0.29) is 10.7 Å². The number of para-hydroxylation sites is 1. The summed E-state index contributed by atoms with van der Waals surface area (Å²) in [4.78, 5) is 1.74. The third-order valence-electron chi connectivity index (χ3n) is 7.04. The number of aliphatic hydroxyl groups excluding tert-OH is 1. The van der Waals surface area contributed by atoms with Gasteiger partial charge in [-0.25, -0.2) is 17.5 Å². The van der Waals surface area contributed by atoms with Gasteiger partial charge in [-0.2, -0.15) is 0 Å². The van der Waals surface area contributed by atoms with Gasteiger partial charge in [0.2, 0.25) is 10.0 Å². The lowest BCUT2D eigenvalue weighted by atomic mass is 9.86. The average Bonchev–Trinajstić information content (AvgIpc) is 3.01. The molecule has 0 aromatic heterocycles. The van der Waals surface area contributed by atoms with Crippen LogP contribution >= 0.6 is 0 Å². The van der Waals surface area contributed by atoms with Crippen LogP contribution in [0.4, 0.5) is 28.9 Å². The first-order valence-electron chi connectivity index (χ1n) is 12.2. The standard InChI is InChI=1S/C27H26F4N2O4S/c28-19-10-15-24-18(16-19)9-8-17-4-1-2-6-23(17)33(24)25-7-3-5-22(26(25)34)32-38(35,36)21-13-11-20(12-14-21)37-27(29,30)31/h1-2,4,6,10-16,22,25-26,32,34H,3,5,7-9H2/t22-,25?,26+/m0/s1. The summed E-state index contributed by atoms with van der Waals surface area (Å²) >= 11 is 0. The van der Waals surface area contributed by atoms with Crippen molar-refractivity contribution in [3.05, 3.63) is 83.7 Å². The number of hydrogen-bond donors (Lipinski definition) is 2. The van der Waals surface area contributed by atoms with Gasteiger partial charge in [-0.15, -0.1) is 13.2 Å². The lowest BCUT2D eigenvalue weighted by molar-refractivity contribution is -0.274. The second kappa shape index (κ2) is 10.2. The van der Waals surface area contributed by atoms with Gasteiger partial charge in [-0.1, -0.05) is 18.2 Å². The predicted octanol–water partition coefficient (Wildman–Crippen LogP) is 5.22. The van der Waals surface area contributed by atoms with Gasteiger partial charge in [0.15, 0.2) is 0 Å². The Hall–Kier alpha value is -3.15. The van der Waals surface area contributed by atoms with Crippen molar-refractivity contribution < 1.29 is 35.8 Å². The van der Waals surface area contributed by atoms with Gasteiger partial charge >= 0.3 is 6.36 Å². The molecule has 0 radical (unpaired) electrons. The average molecular weight is 551 g/mol. The van der Waals surface area contributed by atoms with E-state index in [9.17, 15) is 31.1 Å². The third kappa shape index (κ3) is 5.50. The fourth-order valence-electron chi connectivity index (χ4n) is 5.36. The van der Waals surface area contributed by atoms with Crippen molar-refractivity contribution >= 4 is 21.4 Å².